The highest BCUT2D eigenvalue weighted by atomic mass is 32.2. The lowest BCUT2D eigenvalue weighted by Gasteiger charge is -2.10. The molecule has 0 fully saturated rings. The molecule has 8 nitrogen and oxygen atoms in total. The zero-order valence-corrected chi connectivity index (χ0v) is 12.6. The summed E-state index contributed by atoms with van der Waals surface area (Å²) in [5.74, 6) is 0.0358. The number of primary sulfonamides is 1. The van der Waals surface area contributed by atoms with E-state index in [1.54, 1.807) is 6.92 Å². The molecule has 0 radical (unpaired) electrons. The van der Waals surface area contributed by atoms with Gasteiger partial charge < -0.3 is 4.52 Å². The Bertz CT molecular complexity index is 855. The van der Waals surface area contributed by atoms with Crippen molar-refractivity contribution in [2.75, 3.05) is 4.72 Å². The molecule has 1 aromatic heterocycles. The van der Waals surface area contributed by atoms with E-state index in [0.29, 0.717) is 5.76 Å². The summed E-state index contributed by atoms with van der Waals surface area (Å²) in [5.41, 5.74) is 0.105. The van der Waals surface area contributed by atoms with Gasteiger partial charge in [-0.1, -0.05) is 17.3 Å². The normalized spacial score (nSPS) is 12.3. The van der Waals surface area contributed by atoms with Crippen LogP contribution < -0.4 is 9.86 Å². The zero-order chi connectivity index (χ0) is 15.7. The molecule has 3 N–H and O–H groups in total. The highest BCUT2D eigenvalue weighted by Gasteiger charge is 2.19. The van der Waals surface area contributed by atoms with E-state index in [1.165, 1.54) is 30.3 Å². The van der Waals surface area contributed by atoms with Gasteiger partial charge in [-0.05, 0) is 19.1 Å². The number of sulfonamides is 2. The van der Waals surface area contributed by atoms with Crippen LogP contribution in [0.1, 0.15) is 11.5 Å². The first-order chi connectivity index (χ1) is 9.67. The van der Waals surface area contributed by atoms with Crippen molar-refractivity contribution in [2.45, 2.75) is 17.6 Å². The number of benzene rings is 1. The van der Waals surface area contributed by atoms with Crippen LogP contribution in [0.15, 0.2) is 39.8 Å². The standard InChI is InChI=1S/C11H13N3O5S2/c1-8-6-9(13-19-8)7-20(15,16)14-10-4-2-3-5-11(10)21(12,17)18/h2-6,14H,7H2,1H3,(H2,12,17,18). The minimum absolute atomic E-state index is 0.111. The molecule has 0 spiro atoms. The van der Waals surface area contributed by atoms with Crippen LogP contribution in [0.3, 0.4) is 0 Å². The Morgan fingerprint density at radius 2 is 1.90 bits per heavy atom. The van der Waals surface area contributed by atoms with Crippen molar-refractivity contribution in [2.24, 2.45) is 5.14 Å². The Labute approximate surface area is 122 Å². The first-order valence-electron chi connectivity index (χ1n) is 5.72. The maximum atomic E-state index is 12.0. The van der Waals surface area contributed by atoms with Gasteiger partial charge in [-0.15, -0.1) is 0 Å². The van der Waals surface area contributed by atoms with E-state index in [9.17, 15) is 16.8 Å². The fraction of sp³-hybridized carbons (Fsp3) is 0.182. The number of para-hydroxylation sites is 1. The Hall–Kier alpha value is -1.91. The molecule has 0 saturated carbocycles. The first kappa shape index (κ1) is 15.5. The third kappa shape index (κ3) is 4.03. The largest absolute Gasteiger partial charge is 0.361 e. The maximum absolute atomic E-state index is 12.0. The molecule has 0 aliphatic carbocycles. The first-order valence-corrected chi connectivity index (χ1v) is 8.92. The van der Waals surface area contributed by atoms with E-state index in [4.69, 9.17) is 9.66 Å². The number of anilines is 1. The van der Waals surface area contributed by atoms with Crippen LogP contribution in [0.25, 0.3) is 0 Å². The highest BCUT2D eigenvalue weighted by Crippen LogP contribution is 2.21. The molecule has 0 amide bonds. The molecule has 10 heteroatoms. The molecular formula is C11H13N3O5S2. The van der Waals surface area contributed by atoms with Crippen molar-refractivity contribution in [3.05, 3.63) is 41.8 Å². The quantitative estimate of drug-likeness (QED) is 0.823. The van der Waals surface area contributed by atoms with Gasteiger partial charge in [-0.2, -0.15) is 0 Å². The number of nitrogens with one attached hydrogen (secondary N) is 1. The van der Waals surface area contributed by atoms with Gasteiger partial charge in [-0.25, -0.2) is 22.0 Å². The molecule has 0 unspecified atom stereocenters. The monoisotopic (exact) mass is 331 g/mol. The number of nitrogens with zero attached hydrogens (tertiary/aromatic N) is 1. The summed E-state index contributed by atoms with van der Waals surface area (Å²) in [4.78, 5) is -0.301. The van der Waals surface area contributed by atoms with Gasteiger partial charge in [0.15, 0.2) is 0 Å². The molecule has 114 valence electrons. The predicted molar refractivity (Wildman–Crippen MR) is 75.3 cm³/mol. The second-order valence-electron chi connectivity index (χ2n) is 4.33. The molecule has 0 saturated heterocycles. The van der Waals surface area contributed by atoms with Crippen molar-refractivity contribution >= 4 is 25.7 Å². The third-order valence-electron chi connectivity index (χ3n) is 2.47. The fourth-order valence-electron chi connectivity index (χ4n) is 1.68. The minimum Gasteiger partial charge on any atom is -0.361 e. The van der Waals surface area contributed by atoms with E-state index in [1.807, 2.05) is 0 Å². The van der Waals surface area contributed by atoms with Crippen molar-refractivity contribution in [1.82, 2.24) is 5.16 Å². The molecule has 0 atom stereocenters. The summed E-state index contributed by atoms with van der Waals surface area (Å²) in [5, 5.41) is 8.62. The van der Waals surface area contributed by atoms with Gasteiger partial charge in [0.2, 0.25) is 20.0 Å². The summed E-state index contributed by atoms with van der Waals surface area (Å²) in [7, 11) is -7.89. The second-order valence-corrected chi connectivity index (χ2v) is 7.58. The van der Waals surface area contributed by atoms with Gasteiger partial charge in [-0.3, -0.25) is 4.72 Å². The summed E-state index contributed by atoms with van der Waals surface area (Å²) < 4.78 is 53.9. The average Bonchev–Trinajstić information content (AvgIpc) is 2.72. The van der Waals surface area contributed by atoms with E-state index < -0.39 is 25.8 Å². The molecule has 0 bridgehead atoms. The Kier molecular flexibility index (Phi) is 4.03. The number of hydrogen-bond acceptors (Lipinski definition) is 6. The van der Waals surface area contributed by atoms with E-state index in [0.717, 1.165) is 0 Å². The van der Waals surface area contributed by atoms with Gasteiger partial charge in [0.05, 0.1) is 5.69 Å². The molecule has 21 heavy (non-hydrogen) atoms. The molecule has 0 aliphatic heterocycles. The summed E-state index contributed by atoms with van der Waals surface area (Å²) in [6.07, 6.45) is 0. The van der Waals surface area contributed by atoms with Crippen LogP contribution in [0, 0.1) is 6.92 Å². The number of rotatable bonds is 5. The Morgan fingerprint density at radius 3 is 2.48 bits per heavy atom. The molecule has 1 aromatic carbocycles. The number of aryl methyl sites for hydroxylation is 1. The van der Waals surface area contributed by atoms with Crippen molar-refractivity contribution in [1.29, 1.82) is 0 Å². The minimum atomic E-state index is -4.04. The van der Waals surface area contributed by atoms with Gasteiger partial charge >= 0.3 is 0 Å². The topological polar surface area (TPSA) is 132 Å². The maximum Gasteiger partial charge on any atom is 0.240 e. The van der Waals surface area contributed by atoms with Crippen LogP contribution in [-0.4, -0.2) is 22.0 Å². The third-order valence-corrected chi connectivity index (χ3v) is 4.65. The second kappa shape index (κ2) is 5.47. The molecule has 2 aromatic rings. The smallest absolute Gasteiger partial charge is 0.240 e. The fourth-order valence-corrected chi connectivity index (χ4v) is 3.55. The lowest BCUT2D eigenvalue weighted by Crippen LogP contribution is -2.19. The van der Waals surface area contributed by atoms with Crippen LogP contribution in [0.5, 0.6) is 0 Å². The van der Waals surface area contributed by atoms with E-state index in [2.05, 4.69) is 9.88 Å². The van der Waals surface area contributed by atoms with E-state index in [-0.39, 0.29) is 16.3 Å². The van der Waals surface area contributed by atoms with Crippen LogP contribution in [0.4, 0.5) is 5.69 Å². The molecular weight excluding hydrogens is 318 g/mol. The Balaban J connectivity index is 2.29. The van der Waals surface area contributed by atoms with Gasteiger partial charge in [0.25, 0.3) is 0 Å². The Morgan fingerprint density at radius 1 is 1.24 bits per heavy atom. The van der Waals surface area contributed by atoms with Gasteiger partial charge in [0, 0.05) is 6.07 Å². The summed E-state index contributed by atoms with van der Waals surface area (Å²) >= 11 is 0. The molecule has 2 rings (SSSR count). The van der Waals surface area contributed by atoms with Crippen LogP contribution >= 0.6 is 0 Å². The lowest BCUT2D eigenvalue weighted by molar-refractivity contribution is 0.392. The number of nitrogens with two attached hydrogens (primary N) is 1. The summed E-state index contributed by atoms with van der Waals surface area (Å²) in [6.45, 7) is 1.63. The van der Waals surface area contributed by atoms with Crippen molar-refractivity contribution < 1.29 is 21.4 Å². The SMILES string of the molecule is Cc1cc(CS(=O)(=O)Nc2ccccc2S(N)(=O)=O)no1. The van der Waals surface area contributed by atoms with Crippen LogP contribution in [0.2, 0.25) is 0 Å². The van der Waals surface area contributed by atoms with Crippen LogP contribution in [-0.2, 0) is 25.8 Å². The lowest BCUT2D eigenvalue weighted by atomic mass is 10.3. The number of aromatic nitrogens is 1. The van der Waals surface area contributed by atoms with Crippen molar-refractivity contribution in [3.8, 4) is 0 Å². The molecule has 0 aliphatic rings. The summed E-state index contributed by atoms with van der Waals surface area (Å²) in [6, 6.07) is 6.94. The highest BCUT2D eigenvalue weighted by molar-refractivity contribution is 7.92. The van der Waals surface area contributed by atoms with E-state index >= 15 is 0 Å². The zero-order valence-electron chi connectivity index (χ0n) is 11.0. The average molecular weight is 331 g/mol. The van der Waals surface area contributed by atoms with Gasteiger partial charge in [0.1, 0.15) is 22.1 Å². The molecule has 1 heterocycles. The number of hydrogen-bond donors (Lipinski definition) is 2. The predicted octanol–water partition coefficient (Wildman–Crippen LogP) is 0.572. The van der Waals surface area contributed by atoms with Crippen molar-refractivity contribution in [3.63, 3.8) is 0 Å².